The SMILES string of the molecule is CC(=O)OC[C@H]1O[C@H](OC[C@H]2O[C@H](O)[C@H](OCc3ccccc3)[C@@H](OCc3ccccc3)[C@@H]2OCc2ccccc2)C[C@@H](OC(C)=O)[C@@H]1OC(C)=O. The molecular weight excluding hydrogens is 676 g/mol. The van der Waals surface area contributed by atoms with E-state index in [1.165, 1.54) is 20.8 Å². The molecule has 1 N–H and O–H groups in total. The number of aliphatic hydroxyl groups excluding tert-OH is 1. The van der Waals surface area contributed by atoms with Crippen LogP contribution >= 0.6 is 0 Å². The maximum absolute atomic E-state index is 12.1. The average molecular weight is 723 g/mol. The molecule has 0 unspecified atom stereocenters. The van der Waals surface area contributed by atoms with E-state index in [-0.39, 0.29) is 39.5 Å². The van der Waals surface area contributed by atoms with Gasteiger partial charge in [-0.15, -0.1) is 0 Å². The molecule has 0 saturated carbocycles. The summed E-state index contributed by atoms with van der Waals surface area (Å²) in [7, 11) is 0. The Morgan fingerprint density at radius 3 is 1.56 bits per heavy atom. The highest BCUT2D eigenvalue weighted by Gasteiger charge is 2.49. The van der Waals surface area contributed by atoms with Crippen LogP contribution in [0.15, 0.2) is 91.0 Å². The number of rotatable bonds is 16. The molecule has 0 spiro atoms. The fraction of sp³-hybridized carbons (Fsp3) is 0.462. The minimum atomic E-state index is -1.43. The largest absolute Gasteiger partial charge is 0.463 e. The first-order valence-electron chi connectivity index (χ1n) is 17.2. The van der Waals surface area contributed by atoms with Gasteiger partial charge in [0, 0.05) is 27.2 Å². The number of hydrogen-bond donors (Lipinski definition) is 1. The van der Waals surface area contributed by atoms with Crippen LogP contribution in [-0.2, 0) is 76.8 Å². The zero-order valence-corrected chi connectivity index (χ0v) is 29.4. The molecule has 3 aromatic carbocycles. The summed E-state index contributed by atoms with van der Waals surface area (Å²) in [6.07, 6.45) is -9.00. The van der Waals surface area contributed by atoms with Gasteiger partial charge in [-0.05, 0) is 16.7 Å². The van der Waals surface area contributed by atoms with Crippen LogP contribution in [0.2, 0.25) is 0 Å². The predicted octanol–water partition coefficient (Wildman–Crippen LogP) is 4.02. The van der Waals surface area contributed by atoms with Crippen molar-refractivity contribution in [1.82, 2.24) is 0 Å². The lowest BCUT2D eigenvalue weighted by molar-refractivity contribution is -0.328. The Bertz CT molecular complexity index is 1540. The van der Waals surface area contributed by atoms with Gasteiger partial charge in [-0.1, -0.05) is 91.0 Å². The van der Waals surface area contributed by atoms with Crippen molar-refractivity contribution in [3.05, 3.63) is 108 Å². The van der Waals surface area contributed by atoms with Crippen LogP contribution < -0.4 is 0 Å². The molecule has 3 aromatic rings. The molecule has 280 valence electrons. The van der Waals surface area contributed by atoms with E-state index >= 15 is 0 Å². The van der Waals surface area contributed by atoms with Crippen LogP contribution in [0.4, 0.5) is 0 Å². The molecule has 2 saturated heterocycles. The van der Waals surface area contributed by atoms with E-state index in [9.17, 15) is 19.5 Å². The third-order valence-electron chi connectivity index (χ3n) is 8.47. The van der Waals surface area contributed by atoms with Crippen molar-refractivity contribution in [2.75, 3.05) is 13.2 Å². The van der Waals surface area contributed by atoms with Gasteiger partial charge in [0.1, 0.15) is 43.2 Å². The van der Waals surface area contributed by atoms with Crippen LogP contribution in [0.3, 0.4) is 0 Å². The number of hydrogen-bond acceptors (Lipinski definition) is 13. The molecule has 0 radical (unpaired) electrons. The van der Waals surface area contributed by atoms with E-state index in [0.29, 0.717) is 0 Å². The minimum absolute atomic E-state index is 0.0182. The predicted molar refractivity (Wildman–Crippen MR) is 183 cm³/mol. The molecular formula is C39H46O13. The number of carbonyl (C=O) groups is 3. The molecule has 2 fully saturated rings. The Morgan fingerprint density at radius 2 is 1.06 bits per heavy atom. The van der Waals surface area contributed by atoms with Crippen LogP contribution in [0, 0.1) is 0 Å². The molecule has 13 nitrogen and oxygen atoms in total. The van der Waals surface area contributed by atoms with Crippen molar-refractivity contribution >= 4 is 17.9 Å². The van der Waals surface area contributed by atoms with Gasteiger partial charge in [-0.25, -0.2) is 0 Å². The maximum Gasteiger partial charge on any atom is 0.303 e. The molecule has 0 aliphatic carbocycles. The molecule has 2 aliphatic heterocycles. The minimum Gasteiger partial charge on any atom is -0.463 e. The summed E-state index contributed by atoms with van der Waals surface area (Å²) < 4.78 is 53.9. The Morgan fingerprint density at radius 1 is 0.577 bits per heavy atom. The monoisotopic (exact) mass is 722 g/mol. The summed E-state index contributed by atoms with van der Waals surface area (Å²) in [6.45, 7) is 3.81. The fourth-order valence-electron chi connectivity index (χ4n) is 6.10. The van der Waals surface area contributed by atoms with Gasteiger partial charge in [0.2, 0.25) is 0 Å². The van der Waals surface area contributed by atoms with Crippen molar-refractivity contribution in [2.45, 2.75) is 102 Å². The van der Waals surface area contributed by atoms with Gasteiger partial charge >= 0.3 is 17.9 Å². The molecule has 52 heavy (non-hydrogen) atoms. The number of aliphatic hydroxyl groups is 1. The third-order valence-corrected chi connectivity index (χ3v) is 8.47. The summed E-state index contributed by atoms with van der Waals surface area (Å²) in [5, 5.41) is 11.4. The van der Waals surface area contributed by atoms with E-state index in [0.717, 1.165) is 16.7 Å². The average Bonchev–Trinajstić information content (AvgIpc) is 3.13. The molecule has 2 heterocycles. The lowest BCUT2D eigenvalue weighted by Gasteiger charge is -2.45. The molecule has 9 atom stereocenters. The summed E-state index contributed by atoms with van der Waals surface area (Å²) in [5.74, 6) is -1.82. The van der Waals surface area contributed by atoms with Gasteiger partial charge in [0.05, 0.1) is 26.4 Å². The Labute approximate surface area is 302 Å². The molecule has 0 aromatic heterocycles. The van der Waals surface area contributed by atoms with Crippen LogP contribution in [-0.4, -0.2) is 91.5 Å². The van der Waals surface area contributed by atoms with E-state index in [1.54, 1.807) is 0 Å². The second-order valence-electron chi connectivity index (χ2n) is 12.5. The topological polar surface area (TPSA) is 155 Å². The Hall–Kier alpha value is -4.21. The van der Waals surface area contributed by atoms with E-state index in [2.05, 4.69) is 0 Å². The van der Waals surface area contributed by atoms with Crippen molar-refractivity contribution in [2.24, 2.45) is 0 Å². The van der Waals surface area contributed by atoms with Gasteiger partial charge in [0.25, 0.3) is 0 Å². The highest BCUT2D eigenvalue weighted by atomic mass is 16.7. The third kappa shape index (κ3) is 11.7. The summed E-state index contributed by atoms with van der Waals surface area (Å²) >= 11 is 0. The van der Waals surface area contributed by atoms with E-state index in [1.807, 2.05) is 91.0 Å². The molecule has 13 heteroatoms. The van der Waals surface area contributed by atoms with Crippen LogP contribution in [0.5, 0.6) is 0 Å². The highest BCUT2D eigenvalue weighted by Crippen LogP contribution is 2.32. The lowest BCUT2D eigenvalue weighted by Crippen LogP contribution is -2.61. The zero-order chi connectivity index (χ0) is 36.9. The van der Waals surface area contributed by atoms with E-state index < -0.39 is 73.2 Å². The maximum atomic E-state index is 12.1. The number of carbonyl (C=O) groups excluding carboxylic acids is 3. The number of esters is 3. The highest BCUT2D eigenvalue weighted by molar-refractivity contribution is 5.67. The first-order valence-corrected chi connectivity index (χ1v) is 17.2. The van der Waals surface area contributed by atoms with E-state index in [4.69, 9.17) is 42.6 Å². The lowest BCUT2D eigenvalue weighted by atomic mass is 9.97. The molecule has 0 bridgehead atoms. The van der Waals surface area contributed by atoms with Gasteiger partial charge in [0.15, 0.2) is 18.7 Å². The second kappa shape index (κ2) is 19.6. The normalized spacial score (nSPS) is 27.3. The molecule has 5 rings (SSSR count). The van der Waals surface area contributed by atoms with Crippen LogP contribution in [0.25, 0.3) is 0 Å². The van der Waals surface area contributed by atoms with Crippen molar-refractivity contribution < 1.29 is 62.1 Å². The quantitative estimate of drug-likeness (QED) is 0.167. The first kappa shape index (κ1) is 39.0. The number of ether oxygens (including phenoxy) is 9. The fourth-order valence-corrected chi connectivity index (χ4v) is 6.10. The summed E-state index contributed by atoms with van der Waals surface area (Å²) in [6, 6.07) is 28.8. The Balaban J connectivity index is 1.38. The van der Waals surface area contributed by atoms with Crippen molar-refractivity contribution in [1.29, 1.82) is 0 Å². The molecule has 0 amide bonds. The number of benzene rings is 3. The Kier molecular flexibility index (Phi) is 14.7. The summed E-state index contributed by atoms with van der Waals surface area (Å²) in [5.41, 5.74) is 2.71. The van der Waals surface area contributed by atoms with Gasteiger partial charge < -0.3 is 47.7 Å². The zero-order valence-electron chi connectivity index (χ0n) is 29.4. The van der Waals surface area contributed by atoms with Gasteiger partial charge in [-0.3, -0.25) is 14.4 Å². The second-order valence-corrected chi connectivity index (χ2v) is 12.5. The van der Waals surface area contributed by atoms with Gasteiger partial charge in [-0.2, -0.15) is 0 Å². The standard InChI is InChI=1S/C39H46O13/c1-25(40)44-23-32-35(50-27(3)42)31(49-26(2)41)19-34(51-32)45-24-33-36(46-20-28-13-7-4-8-14-28)37(47-21-29-15-9-5-10-16-29)38(39(43)52-33)48-22-30-17-11-6-12-18-30/h4-18,31-39,43H,19-24H2,1-3H3/t31-,32-,33-,34+,35+,36-,37+,38-,39+/m1/s1. The van der Waals surface area contributed by atoms with Crippen molar-refractivity contribution in [3.63, 3.8) is 0 Å². The summed E-state index contributed by atoms with van der Waals surface area (Å²) in [4.78, 5) is 35.7. The first-order chi connectivity index (χ1) is 25.2. The smallest absolute Gasteiger partial charge is 0.303 e. The van der Waals surface area contributed by atoms with Crippen molar-refractivity contribution in [3.8, 4) is 0 Å². The van der Waals surface area contributed by atoms with Crippen LogP contribution in [0.1, 0.15) is 43.9 Å². The molecule has 2 aliphatic rings.